The Kier molecular flexibility index (Phi) is 29.7. The monoisotopic (exact) mass is 1780 g/mol. The molecule has 19 N–H and O–H groups in total. The van der Waals surface area contributed by atoms with Crippen LogP contribution in [0.15, 0.2) is 200 Å². The summed E-state index contributed by atoms with van der Waals surface area (Å²) in [6.07, 6.45) is 2.89. The molecule has 3 saturated heterocycles. The van der Waals surface area contributed by atoms with Gasteiger partial charge in [-0.3, -0.25) is 38.4 Å². The molecule has 4 aromatic heterocycles. The first kappa shape index (κ1) is 93.0. The number of nitrogen functional groups attached to an aromatic ring is 3. The number of primary amides is 4. The highest BCUT2D eigenvalue weighted by atomic mass is 19.2. The molecule has 0 bridgehead atoms. The second-order valence-corrected chi connectivity index (χ2v) is 31.3. The number of benzene rings is 9. The minimum absolute atomic E-state index is 0.000924. The lowest BCUT2D eigenvalue weighted by molar-refractivity contribution is 0.0669. The standard InChI is InChI=1S/C25H21F2N5O2.C24H26FN5O3.C24H27N5O3.C23H24FN5O3/c1-14-4-2-3-5-18(14)25(34)30-13-15-6-8-16(9-7-15)22-21(24(29)33)23(28)32(31-22)17-10-11-19(26)20(27)12-17;1-14-4-2-3-5-17(14)24(32)28-13-15-6-7-18(19(25)12-15)21-20(23(27)31)22(26)30(29-21)16-8-10-33-11-9-16;1-15-5-3-4-6-19(15)24(31)27-13-16-7-9-17(10-8-16)21-20(22(25)30)23(26-2)29(28-21)18-11-12-32-14-18;1-13-4-2-3-5-16(13)23(31)27-11-14-6-7-17(18(24)10-14)20-19(22(26)30)21(25)29(28-20)15-8-9-32-12-15/h2-12H,13,28H2,1H3,(H2,29,33)(H,30,34);2-7,12,16H,8-11,13,26H2,1H3,(H2,27,31)(H,28,32);3-10,18,26H,11-14H2,1-2H3,(H2,25,30)(H,27,31);2-7,10,15H,8-9,11-12,25H2,1H3,(H2,26,30)(H,27,31). The van der Waals surface area contributed by atoms with Crippen molar-refractivity contribution in [2.45, 2.75) is 97.7 Å². The number of anilines is 4. The van der Waals surface area contributed by atoms with Crippen LogP contribution in [0.2, 0.25) is 0 Å². The zero-order valence-corrected chi connectivity index (χ0v) is 72.3. The van der Waals surface area contributed by atoms with Crippen LogP contribution in [0.5, 0.6) is 0 Å². The molecule has 0 saturated carbocycles. The van der Waals surface area contributed by atoms with Gasteiger partial charge in [-0.25, -0.2) is 36.3 Å². The Labute approximate surface area is 750 Å². The third-order valence-electron chi connectivity index (χ3n) is 22.5. The molecule has 31 nitrogen and oxygen atoms in total. The Bertz CT molecular complexity index is 6450. The Balaban J connectivity index is 0.000000149. The van der Waals surface area contributed by atoms with Crippen molar-refractivity contribution in [3.05, 3.63) is 312 Å². The van der Waals surface area contributed by atoms with E-state index in [1.54, 1.807) is 89.2 Å². The molecular formula is C96H98F4N20O11. The number of aryl methyl sites for hydroxylation is 4. The number of amides is 8. The summed E-state index contributed by atoms with van der Waals surface area (Å²) in [6.45, 7) is 11.8. The van der Waals surface area contributed by atoms with Crippen molar-refractivity contribution in [1.82, 2.24) is 60.4 Å². The molecule has 7 heterocycles. The van der Waals surface area contributed by atoms with Gasteiger partial charge in [0.1, 0.15) is 79.9 Å². The fourth-order valence-electron chi connectivity index (χ4n) is 15.4. The predicted molar refractivity (Wildman–Crippen MR) is 486 cm³/mol. The van der Waals surface area contributed by atoms with Crippen molar-refractivity contribution in [2.24, 2.45) is 22.9 Å². The summed E-state index contributed by atoms with van der Waals surface area (Å²) in [5, 5.41) is 32.4. The van der Waals surface area contributed by atoms with Crippen LogP contribution < -0.4 is 66.7 Å². The molecule has 9 aromatic carbocycles. The Morgan fingerprint density at radius 3 is 1.05 bits per heavy atom. The van der Waals surface area contributed by atoms with E-state index in [1.165, 1.54) is 35.0 Å². The van der Waals surface area contributed by atoms with Crippen molar-refractivity contribution in [3.63, 3.8) is 0 Å². The Morgan fingerprint density at radius 2 is 0.695 bits per heavy atom. The first-order chi connectivity index (χ1) is 63.0. The topological polar surface area (TPSA) is 478 Å². The van der Waals surface area contributed by atoms with Crippen molar-refractivity contribution < 1.29 is 70.1 Å². The lowest BCUT2D eigenvalue weighted by atomic mass is 10.0. The van der Waals surface area contributed by atoms with Crippen LogP contribution in [0.25, 0.3) is 50.7 Å². The zero-order valence-electron chi connectivity index (χ0n) is 72.3. The zero-order chi connectivity index (χ0) is 93.4. The van der Waals surface area contributed by atoms with E-state index in [0.717, 1.165) is 62.2 Å². The fourth-order valence-corrected chi connectivity index (χ4v) is 15.4. The number of hydrogen-bond acceptors (Lipinski definition) is 19. The van der Waals surface area contributed by atoms with Gasteiger partial charge < -0.3 is 80.9 Å². The minimum Gasteiger partial charge on any atom is -0.383 e. The normalized spacial score (nSPS) is 14.0. The number of nitrogens with two attached hydrogens (primary N) is 7. The molecule has 3 aliphatic heterocycles. The molecule has 8 amide bonds. The van der Waals surface area contributed by atoms with E-state index in [-0.39, 0.29) is 123 Å². The van der Waals surface area contributed by atoms with Gasteiger partial charge in [0.15, 0.2) is 11.6 Å². The molecule has 0 aliphatic carbocycles. The van der Waals surface area contributed by atoms with Crippen LogP contribution in [0.3, 0.4) is 0 Å². The van der Waals surface area contributed by atoms with Crippen LogP contribution in [0.1, 0.15) is 171 Å². The predicted octanol–water partition coefficient (Wildman–Crippen LogP) is 12.2. The average Bonchev–Trinajstić information content (AvgIpc) is 1.64. The molecule has 2 atom stereocenters. The van der Waals surface area contributed by atoms with Crippen molar-refractivity contribution in [2.75, 3.05) is 69.2 Å². The molecule has 35 heteroatoms. The highest BCUT2D eigenvalue weighted by molar-refractivity contribution is 6.07. The Morgan fingerprint density at radius 1 is 0.359 bits per heavy atom. The quantitative estimate of drug-likeness (QED) is 0.0236. The maximum absolute atomic E-state index is 15.1. The summed E-state index contributed by atoms with van der Waals surface area (Å²) in [6, 6.07) is 55.8. The van der Waals surface area contributed by atoms with E-state index in [1.807, 2.05) is 113 Å². The maximum atomic E-state index is 15.1. The van der Waals surface area contributed by atoms with Gasteiger partial charge >= 0.3 is 0 Å². The number of halogens is 4. The molecule has 676 valence electrons. The van der Waals surface area contributed by atoms with Crippen LogP contribution in [0.4, 0.5) is 40.8 Å². The molecular weight excluding hydrogens is 1690 g/mol. The summed E-state index contributed by atoms with van der Waals surface area (Å²) in [7, 11) is 1.75. The molecule has 3 aliphatic rings. The number of hydrogen-bond donors (Lipinski definition) is 12. The van der Waals surface area contributed by atoms with Crippen LogP contribution in [-0.4, -0.2) is 133 Å². The minimum atomic E-state index is -1.08. The maximum Gasteiger partial charge on any atom is 0.254 e. The van der Waals surface area contributed by atoms with E-state index < -0.39 is 46.9 Å². The summed E-state index contributed by atoms with van der Waals surface area (Å²) >= 11 is 0. The van der Waals surface area contributed by atoms with Crippen LogP contribution in [-0.2, 0) is 40.4 Å². The van der Waals surface area contributed by atoms with E-state index in [0.29, 0.717) is 128 Å². The lowest BCUT2D eigenvalue weighted by Gasteiger charge is -2.23. The first-order valence-corrected chi connectivity index (χ1v) is 41.9. The van der Waals surface area contributed by atoms with Gasteiger partial charge in [0.05, 0.1) is 37.0 Å². The van der Waals surface area contributed by atoms with Crippen LogP contribution in [0, 0.1) is 51.0 Å². The molecule has 16 rings (SSSR count). The van der Waals surface area contributed by atoms with E-state index >= 15 is 8.78 Å². The first-order valence-electron chi connectivity index (χ1n) is 41.9. The van der Waals surface area contributed by atoms with Gasteiger partial charge in [-0.15, -0.1) is 0 Å². The van der Waals surface area contributed by atoms with E-state index in [4.69, 9.17) is 59.4 Å². The van der Waals surface area contributed by atoms with Gasteiger partial charge in [0.25, 0.3) is 47.3 Å². The number of aromatic nitrogens is 8. The highest BCUT2D eigenvalue weighted by Gasteiger charge is 2.33. The lowest BCUT2D eigenvalue weighted by Crippen LogP contribution is -2.23. The molecule has 3 fully saturated rings. The third-order valence-corrected chi connectivity index (χ3v) is 22.5. The van der Waals surface area contributed by atoms with Crippen molar-refractivity contribution in [3.8, 4) is 50.7 Å². The van der Waals surface area contributed by atoms with Gasteiger partial charge in [-0.05, 0) is 159 Å². The summed E-state index contributed by atoms with van der Waals surface area (Å²) in [5.41, 5.74) is 52.4. The van der Waals surface area contributed by atoms with Crippen LogP contribution >= 0.6 is 0 Å². The Hall–Kier alpha value is -15.6. The SMILES string of the molecule is CNc1c(C(N)=O)c(-c2ccc(CNC(=O)c3ccccc3C)cc2)nn1C1CCOC1.Cc1ccccc1C(=O)NCc1ccc(-c2nn(-c3ccc(F)c(F)c3)c(N)c2C(N)=O)cc1.Cc1ccccc1C(=O)NCc1ccc(-c2nn(C3CCOC3)c(N)c2C(N)=O)c(F)c1.Cc1ccccc1C(=O)NCc1ccc(-c2nn(C3CCOCC3)c(N)c2C(N)=O)c(F)c1. The number of rotatable bonds is 25. The average molecular weight is 1780 g/mol. The van der Waals surface area contributed by atoms with E-state index in [9.17, 15) is 47.1 Å². The summed E-state index contributed by atoms with van der Waals surface area (Å²) in [4.78, 5) is 98.2. The van der Waals surface area contributed by atoms with Crippen molar-refractivity contribution >= 4 is 70.5 Å². The second-order valence-electron chi connectivity index (χ2n) is 31.3. The summed E-state index contributed by atoms with van der Waals surface area (Å²) < 4.78 is 79.4. The van der Waals surface area contributed by atoms with E-state index in [2.05, 4.69) is 41.9 Å². The van der Waals surface area contributed by atoms with Gasteiger partial charge in [-0.1, -0.05) is 133 Å². The molecule has 0 radical (unpaired) electrons. The molecule has 13 aromatic rings. The third kappa shape index (κ3) is 21.5. The van der Waals surface area contributed by atoms with Gasteiger partial charge in [-0.2, -0.15) is 20.4 Å². The van der Waals surface area contributed by atoms with Crippen molar-refractivity contribution in [1.29, 1.82) is 0 Å². The number of nitrogens with zero attached hydrogens (tertiary/aromatic N) is 8. The molecule has 131 heavy (non-hydrogen) atoms. The summed E-state index contributed by atoms with van der Waals surface area (Å²) in [5.74, 6) is -6.23. The number of nitrogens with one attached hydrogen (secondary N) is 5. The highest BCUT2D eigenvalue weighted by Crippen LogP contribution is 2.38. The number of carbonyl (C=O) groups is 8. The fraction of sp³-hybridized carbons (Fsp3) is 0.229. The molecule has 2 unspecified atom stereocenters. The molecule has 0 spiro atoms. The van der Waals surface area contributed by atoms with Gasteiger partial charge in [0, 0.05) is 110 Å². The largest absolute Gasteiger partial charge is 0.383 e. The second kappa shape index (κ2) is 41.9. The number of ether oxygens (including phenoxy) is 3. The van der Waals surface area contributed by atoms with Gasteiger partial charge in [0.2, 0.25) is 0 Å². The number of carbonyl (C=O) groups excluding carboxylic acids is 8. The smallest absolute Gasteiger partial charge is 0.254 e.